The van der Waals surface area contributed by atoms with Crippen LogP contribution in [0.15, 0.2) is 30.3 Å². The summed E-state index contributed by atoms with van der Waals surface area (Å²) < 4.78 is 0. The largest absolute Gasteiger partial charge is 0.480 e. The molecule has 1 aromatic rings. The molecule has 2 N–H and O–H groups in total. The van der Waals surface area contributed by atoms with Crippen molar-refractivity contribution >= 4 is 5.97 Å². The zero-order valence-electron chi connectivity index (χ0n) is 10.6. The number of carbonyl (C=O) groups is 1. The zero-order chi connectivity index (χ0) is 12.8. The van der Waals surface area contributed by atoms with Crippen molar-refractivity contribution in [3.8, 4) is 0 Å². The van der Waals surface area contributed by atoms with Crippen LogP contribution in [0.1, 0.15) is 31.2 Å². The van der Waals surface area contributed by atoms with E-state index in [4.69, 9.17) is 5.11 Å². The first-order valence-electron chi connectivity index (χ1n) is 6.77. The predicted octanol–water partition coefficient (Wildman–Crippen LogP) is 2.46. The van der Waals surface area contributed by atoms with Gasteiger partial charge in [-0.15, -0.1) is 0 Å². The van der Waals surface area contributed by atoms with Gasteiger partial charge in [-0.2, -0.15) is 0 Å². The van der Waals surface area contributed by atoms with Crippen LogP contribution in [0.2, 0.25) is 0 Å². The van der Waals surface area contributed by atoms with E-state index < -0.39 is 5.97 Å². The third-order valence-corrected chi connectivity index (χ3v) is 3.46. The van der Waals surface area contributed by atoms with Gasteiger partial charge in [0.15, 0.2) is 0 Å². The highest BCUT2D eigenvalue weighted by Gasteiger charge is 2.35. The second-order valence-corrected chi connectivity index (χ2v) is 5.05. The summed E-state index contributed by atoms with van der Waals surface area (Å²) in [6.07, 6.45) is 5.34. The Morgan fingerprint density at radius 1 is 1.28 bits per heavy atom. The Hall–Kier alpha value is -1.35. The normalized spacial score (nSPS) is 16.4. The van der Waals surface area contributed by atoms with Crippen LogP contribution >= 0.6 is 0 Å². The lowest BCUT2D eigenvalue weighted by Crippen LogP contribution is -2.39. The molecular weight excluding hydrogens is 226 g/mol. The minimum Gasteiger partial charge on any atom is -0.480 e. The molecule has 0 aromatic heterocycles. The van der Waals surface area contributed by atoms with E-state index in [9.17, 15) is 4.79 Å². The first-order chi connectivity index (χ1) is 8.77. The second kappa shape index (κ2) is 6.55. The molecule has 1 atom stereocenters. The molecule has 18 heavy (non-hydrogen) atoms. The average Bonchev–Trinajstić information content (AvgIpc) is 3.19. The van der Waals surface area contributed by atoms with Crippen LogP contribution in [-0.4, -0.2) is 23.7 Å². The summed E-state index contributed by atoms with van der Waals surface area (Å²) >= 11 is 0. The summed E-state index contributed by atoms with van der Waals surface area (Å²) in [6, 6.07) is 10.1. The topological polar surface area (TPSA) is 49.3 Å². The number of carboxylic acid groups (broad SMARTS) is 1. The standard InChI is InChI=1S/C15H21NO2/c17-15(18)14(13-9-10-13)16-11-5-4-8-12-6-2-1-3-7-12/h1-3,6-7,13-14,16H,4-5,8-11H2,(H,17,18). The van der Waals surface area contributed by atoms with Crippen molar-refractivity contribution in [1.29, 1.82) is 0 Å². The summed E-state index contributed by atoms with van der Waals surface area (Å²) in [7, 11) is 0. The van der Waals surface area contributed by atoms with Crippen LogP contribution < -0.4 is 5.32 Å². The summed E-state index contributed by atoms with van der Waals surface area (Å²) in [5.41, 5.74) is 1.36. The van der Waals surface area contributed by atoms with Gasteiger partial charge in [0.2, 0.25) is 0 Å². The molecule has 0 spiro atoms. The summed E-state index contributed by atoms with van der Waals surface area (Å²) in [6.45, 7) is 0.806. The molecule has 1 aliphatic carbocycles. The van der Waals surface area contributed by atoms with Crippen molar-refractivity contribution < 1.29 is 9.90 Å². The summed E-state index contributed by atoms with van der Waals surface area (Å²) in [5.74, 6) is -0.322. The predicted molar refractivity (Wildman–Crippen MR) is 71.5 cm³/mol. The van der Waals surface area contributed by atoms with Gasteiger partial charge in [0.25, 0.3) is 0 Å². The maximum atomic E-state index is 11.0. The van der Waals surface area contributed by atoms with Gasteiger partial charge in [-0.1, -0.05) is 30.3 Å². The van der Waals surface area contributed by atoms with Gasteiger partial charge >= 0.3 is 5.97 Å². The number of unbranched alkanes of at least 4 members (excludes halogenated alkanes) is 1. The third-order valence-electron chi connectivity index (χ3n) is 3.46. The maximum Gasteiger partial charge on any atom is 0.320 e. The molecule has 1 fully saturated rings. The average molecular weight is 247 g/mol. The Kier molecular flexibility index (Phi) is 4.76. The Morgan fingerprint density at radius 2 is 2.00 bits per heavy atom. The molecule has 0 bridgehead atoms. The van der Waals surface area contributed by atoms with Crippen molar-refractivity contribution in [3.05, 3.63) is 35.9 Å². The molecule has 1 aliphatic rings. The van der Waals surface area contributed by atoms with Crippen LogP contribution in [0.4, 0.5) is 0 Å². The van der Waals surface area contributed by atoms with E-state index in [-0.39, 0.29) is 6.04 Å². The highest BCUT2D eigenvalue weighted by molar-refractivity contribution is 5.74. The molecular formula is C15H21NO2. The first kappa shape index (κ1) is 13.1. The molecule has 0 heterocycles. The Morgan fingerprint density at radius 3 is 2.61 bits per heavy atom. The van der Waals surface area contributed by atoms with Gasteiger partial charge in [0.05, 0.1) is 0 Å². The number of hydrogen-bond donors (Lipinski definition) is 2. The van der Waals surface area contributed by atoms with E-state index in [1.807, 2.05) is 6.07 Å². The Labute approximate surface area is 108 Å². The molecule has 1 aromatic carbocycles. The number of carboxylic acids is 1. The number of benzene rings is 1. The molecule has 3 heteroatoms. The molecule has 98 valence electrons. The molecule has 0 aliphatic heterocycles. The number of hydrogen-bond acceptors (Lipinski definition) is 2. The molecule has 2 rings (SSSR count). The van der Waals surface area contributed by atoms with E-state index in [0.717, 1.165) is 38.6 Å². The van der Waals surface area contributed by atoms with Crippen molar-refractivity contribution in [2.45, 2.75) is 38.1 Å². The lowest BCUT2D eigenvalue weighted by molar-refractivity contribution is -0.140. The van der Waals surface area contributed by atoms with E-state index >= 15 is 0 Å². The Balaban J connectivity index is 1.59. The third kappa shape index (κ3) is 4.15. The van der Waals surface area contributed by atoms with Crippen molar-refractivity contribution in [2.24, 2.45) is 5.92 Å². The highest BCUT2D eigenvalue weighted by Crippen LogP contribution is 2.32. The molecule has 1 saturated carbocycles. The smallest absolute Gasteiger partial charge is 0.320 e. The van der Waals surface area contributed by atoms with Crippen molar-refractivity contribution in [1.82, 2.24) is 5.32 Å². The van der Waals surface area contributed by atoms with Gasteiger partial charge in [-0.05, 0) is 50.1 Å². The van der Waals surface area contributed by atoms with Gasteiger partial charge in [0.1, 0.15) is 6.04 Å². The number of nitrogens with one attached hydrogen (secondary N) is 1. The first-order valence-corrected chi connectivity index (χ1v) is 6.77. The second-order valence-electron chi connectivity index (χ2n) is 5.05. The fraction of sp³-hybridized carbons (Fsp3) is 0.533. The lowest BCUT2D eigenvalue weighted by Gasteiger charge is -2.13. The zero-order valence-corrected chi connectivity index (χ0v) is 10.6. The molecule has 0 saturated heterocycles. The molecule has 3 nitrogen and oxygen atoms in total. The minimum atomic E-state index is -0.694. The quantitative estimate of drug-likeness (QED) is 0.694. The highest BCUT2D eigenvalue weighted by atomic mass is 16.4. The van der Waals surface area contributed by atoms with Crippen LogP contribution in [0, 0.1) is 5.92 Å². The summed E-state index contributed by atoms with van der Waals surface area (Å²) in [5, 5.41) is 12.2. The van der Waals surface area contributed by atoms with E-state index in [1.165, 1.54) is 5.56 Å². The molecule has 1 unspecified atom stereocenters. The summed E-state index contributed by atoms with van der Waals surface area (Å²) in [4.78, 5) is 11.0. The number of aliphatic carboxylic acids is 1. The van der Waals surface area contributed by atoms with Crippen molar-refractivity contribution in [3.63, 3.8) is 0 Å². The van der Waals surface area contributed by atoms with E-state index in [1.54, 1.807) is 0 Å². The fourth-order valence-electron chi connectivity index (χ4n) is 2.24. The maximum absolute atomic E-state index is 11.0. The van der Waals surface area contributed by atoms with Crippen LogP contribution in [0.25, 0.3) is 0 Å². The minimum absolute atomic E-state index is 0.318. The van der Waals surface area contributed by atoms with E-state index in [2.05, 4.69) is 29.6 Å². The fourth-order valence-corrected chi connectivity index (χ4v) is 2.24. The van der Waals surface area contributed by atoms with Crippen LogP contribution in [0.3, 0.4) is 0 Å². The lowest BCUT2D eigenvalue weighted by atomic mass is 10.1. The van der Waals surface area contributed by atoms with Crippen LogP contribution in [-0.2, 0) is 11.2 Å². The molecule has 0 amide bonds. The van der Waals surface area contributed by atoms with Gasteiger partial charge in [0, 0.05) is 0 Å². The SMILES string of the molecule is O=C(O)C(NCCCCc1ccccc1)C1CC1. The van der Waals surface area contributed by atoms with Crippen molar-refractivity contribution in [2.75, 3.05) is 6.54 Å². The van der Waals surface area contributed by atoms with Gasteiger partial charge in [-0.3, -0.25) is 4.79 Å². The van der Waals surface area contributed by atoms with E-state index in [0.29, 0.717) is 5.92 Å². The van der Waals surface area contributed by atoms with Gasteiger partial charge in [-0.25, -0.2) is 0 Å². The van der Waals surface area contributed by atoms with Crippen LogP contribution in [0.5, 0.6) is 0 Å². The van der Waals surface area contributed by atoms with Gasteiger partial charge < -0.3 is 10.4 Å². The molecule has 0 radical (unpaired) electrons. The monoisotopic (exact) mass is 247 g/mol. The Bertz CT molecular complexity index is 373. The number of rotatable bonds is 8. The number of aryl methyl sites for hydroxylation is 1.